The lowest BCUT2D eigenvalue weighted by atomic mass is 9.88. The van der Waals surface area contributed by atoms with E-state index in [1.807, 2.05) is 20.8 Å². The molecule has 0 fully saturated rings. The van der Waals surface area contributed by atoms with Crippen molar-refractivity contribution in [3.8, 4) is 11.4 Å². The molecule has 0 bridgehead atoms. The van der Waals surface area contributed by atoms with E-state index < -0.39 is 5.54 Å². The number of benzene rings is 1. The minimum Gasteiger partial charge on any atom is -0.349 e. The number of nitrogens with one attached hydrogen (secondary N) is 1. The van der Waals surface area contributed by atoms with E-state index in [1.54, 1.807) is 12.1 Å². The summed E-state index contributed by atoms with van der Waals surface area (Å²) in [6.45, 7) is 6.40. The molecule has 1 heterocycles. The standard InChI is InChI=1S/C18H25FN4O2/c1-12(2)18(3,11-20)22-15(24)5-4-6-16-21-17(23-25-16)13-7-9-14(19)10-8-13/h7-10,12H,4-6,11,20H2,1-3H3,(H,22,24). The molecule has 136 valence electrons. The van der Waals surface area contributed by atoms with Gasteiger partial charge in [0.25, 0.3) is 0 Å². The van der Waals surface area contributed by atoms with Gasteiger partial charge in [0.15, 0.2) is 0 Å². The smallest absolute Gasteiger partial charge is 0.226 e. The Bertz CT molecular complexity index is 699. The summed E-state index contributed by atoms with van der Waals surface area (Å²) in [6.07, 6.45) is 1.45. The minimum atomic E-state index is -0.405. The monoisotopic (exact) mass is 348 g/mol. The number of carbonyl (C=O) groups excluding carboxylic acids is 1. The Balaban J connectivity index is 1.84. The molecule has 2 aromatic rings. The van der Waals surface area contributed by atoms with E-state index in [0.29, 0.717) is 43.1 Å². The van der Waals surface area contributed by atoms with E-state index in [9.17, 15) is 9.18 Å². The number of nitrogens with two attached hydrogens (primary N) is 1. The maximum absolute atomic E-state index is 12.9. The number of rotatable bonds is 8. The Kier molecular flexibility index (Phi) is 6.25. The molecule has 25 heavy (non-hydrogen) atoms. The molecule has 0 radical (unpaired) electrons. The number of amides is 1. The Morgan fingerprint density at radius 3 is 2.64 bits per heavy atom. The fraction of sp³-hybridized carbons (Fsp3) is 0.500. The highest BCUT2D eigenvalue weighted by Crippen LogP contribution is 2.17. The van der Waals surface area contributed by atoms with Gasteiger partial charge in [-0.25, -0.2) is 4.39 Å². The van der Waals surface area contributed by atoms with E-state index in [1.165, 1.54) is 12.1 Å². The van der Waals surface area contributed by atoms with E-state index in [4.69, 9.17) is 10.3 Å². The molecular weight excluding hydrogens is 323 g/mol. The van der Waals surface area contributed by atoms with Crippen molar-refractivity contribution in [1.82, 2.24) is 15.5 Å². The second-order valence-electron chi connectivity index (χ2n) is 6.70. The van der Waals surface area contributed by atoms with Crippen LogP contribution in [0.25, 0.3) is 11.4 Å². The number of aromatic nitrogens is 2. The van der Waals surface area contributed by atoms with E-state index in [0.717, 1.165) is 0 Å². The van der Waals surface area contributed by atoms with Crippen molar-refractivity contribution in [1.29, 1.82) is 0 Å². The second-order valence-corrected chi connectivity index (χ2v) is 6.70. The first-order chi connectivity index (χ1) is 11.8. The number of carbonyl (C=O) groups is 1. The van der Waals surface area contributed by atoms with Gasteiger partial charge in [-0.3, -0.25) is 4.79 Å². The number of nitrogens with zero attached hydrogens (tertiary/aromatic N) is 2. The van der Waals surface area contributed by atoms with Crippen molar-refractivity contribution in [2.24, 2.45) is 11.7 Å². The molecule has 0 spiro atoms. The molecule has 0 saturated carbocycles. The first kappa shape index (κ1) is 19.1. The Morgan fingerprint density at radius 2 is 2.04 bits per heavy atom. The first-order valence-electron chi connectivity index (χ1n) is 8.43. The van der Waals surface area contributed by atoms with Crippen LogP contribution in [0, 0.1) is 11.7 Å². The maximum Gasteiger partial charge on any atom is 0.226 e. The highest BCUT2D eigenvalue weighted by Gasteiger charge is 2.28. The van der Waals surface area contributed by atoms with Gasteiger partial charge in [-0.2, -0.15) is 4.98 Å². The molecule has 0 aliphatic rings. The predicted octanol–water partition coefficient (Wildman–Crippen LogP) is 2.69. The number of halogens is 1. The molecule has 0 saturated heterocycles. The van der Waals surface area contributed by atoms with Crippen molar-refractivity contribution in [3.63, 3.8) is 0 Å². The van der Waals surface area contributed by atoms with Gasteiger partial charge in [-0.15, -0.1) is 0 Å². The highest BCUT2D eigenvalue weighted by atomic mass is 19.1. The third kappa shape index (κ3) is 5.09. The summed E-state index contributed by atoms with van der Waals surface area (Å²) in [5.74, 6) is 0.757. The molecule has 1 aromatic carbocycles. The van der Waals surface area contributed by atoms with Crippen LogP contribution in [-0.2, 0) is 11.2 Å². The summed E-state index contributed by atoms with van der Waals surface area (Å²) in [7, 11) is 0. The first-order valence-corrected chi connectivity index (χ1v) is 8.43. The molecule has 6 nitrogen and oxygen atoms in total. The van der Waals surface area contributed by atoms with Crippen LogP contribution in [0.5, 0.6) is 0 Å². The van der Waals surface area contributed by atoms with E-state index >= 15 is 0 Å². The van der Waals surface area contributed by atoms with Crippen LogP contribution in [0.4, 0.5) is 4.39 Å². The molecular formula is C18H25FN4O2. The van der Waals surface area contributed by atoms with Gasteiger partial charge in [0.2, 0.25) is 17.6 Å². The van der Waals surface area contributed by atoms with Gasteiger partial charge in [-0.05, 0) is 43.5 Å². The van der Waals surface area contributed by atoms with Crippen molar-refractivity contribution in [2.75, 3.05) is 6.54 Å². The van der Waals surface area contributed by atoms with Crippen LogP contribution in [0.1, 0.15) is 39.5 Å². The van der Waals surface area contributed by atoms with E-state index in [-0.39, 0.29) is 17.6 Å². The predicted molar refractivity (Wildman–Crippen MR) is 93.1 cm³/mol. The Morgan fingerprint density at radius 1 is 1.36 bits per heavy atom. The minimum absolute atomic E-state index is 0.0417. The van der Waals surface area contributed by atoms with Gasteiger partial charge < -0.3 is 15.6 Å². The Labute approximate surface area is 147 Å². The summed E-state index contributed by atoms with van der Waals surface area (Å²) < 4.78 is 18.1. The number of hydrogen-bond donors (Lipinski definition) is 2. The molecule has 3 N–H and O–H groups in total. The number of hydrogen-bond acceptors (Lipinski definition) is 5. The molecule has 1 aromatic heterocycles. The summed E-state index contributed by atoms with van der Waals surface area (Å²) in [6, 6.07) is 5.88. The van der Waals surface area contributed by atoms with Crippen molar-refractivity contribution >= 4 is 5.91 Å². The third-order valence-electron chi connectivity index (χ3n) is 4.49. The van der Waals surface area contributed by atoms with Crippen LogP contribution < -0.4 is 11.1 Å². The molecule has 1 atom stereocenters. The normalized spacial score (nSPS) is 13.7. The van der Waals surface area contributed by atoms with Gasteiger partial charge >= 0.3 is 0 Å². The lowest BCUT2D eigenvalue weighted by Gasteiger charge is -2.33. The van der Waals surface area contributed by atoms with E-state index in [2.05, 4.69) is 15.5 Å². The fourth-order valence-electron chi connectivity index (χ4n) is 2.28. The highest BCUT2D eigenvalue weighted by molar-refractivity contribution is 5.76. The number of aryl methyl sites for hydroxylation is 1. The topological polar surface area (TPSA) is 94.0 Å². The molecule has 7 heteroatoms. The van der Waals surface area contributed by atoms with Crippen LogP contribution in [0.2, 0.25) is 0 Å². The van der Waals surface area contributed by atoms with Crippen LogP contribution in [0.15, 0.2) is 28.8 Å². The zero-order valence-electron chi connectivity index (χ0n) is 14.9. The summed E-state index contributed by atoms with van der Waals surface area (Å²) in [5, 5.41) is 6.88. The summed E-state index contributed by atoms with van der Waals surface area (Å²) in [4.78, 5) is 16.4. The average molecular weight is 348 g/mol. The summed E-state index contributed by atoms with van der Waals surface area (Å²) >= 11 is 0. The molecule has 0 aliphatic carbocycles. The molecule has 1 amide bonds. The van der Waals surface area contributed by atoms with Crippen molar-refractivity contribution in [2.45, 2.75) is 45.6 Å². The largest absolute Gasteiger partial charge is 0.349 e. The average Bonchev–Trinajstić information content (AvgIpc) is 3.04. The molecule has 1 unspecified atom stereocenters. The van der Waals surface area contributed by atoms with Gasteiger partial charge in [0.1, 0.15) is 5.82 Å². The quantitative estimate of drug-likeness (QED) is 0.765. The lowest BCUT2D eigenvalue weighted by Crippen LogP contribution is -2.54. The third-order valence-corrected chi connectivity index (χ3v) is 4.49. The Hall–Kier alpha value is -2.28. The van der Waals surface area contributed by atoms with Gasteiger partial charge in [0, 0.05) is 24.9 Å². The summed E-state index contributed by atoms with van der Waals surface area (Å²) in [5.41, 5.74) is 6.05. The molecule has 2 rings (SSSR count). The van der Waals surface area contributed by atoms with Gasteiger partial charge in [-0.1, -0.05) is 19.0 Å². The van der Waals surface area contributed by atoms with Gasteiger partial charge in [0.05, 0.1) is 5.54 Å². The van der Waals surface area contributed by atoms with Crippen LogP contribution >= 0.6 is 0 Å². The second kappa shape index (κ2) is 8.20. The van der Waals surface area contributed by atoms with Crippen molar-refractivity contribution in [3.05, 3.63) is 36.0 Å². The zero-order valence-corrected chi connectivity index (χ0v) is 14.9. The van der Waals surface area contributed by atoms with Crippen molar-refractivity contribution < 1.29 is 13.7 Å². The maximum atomic E-state index is 12.9. The van der Waals surface area contributed by atoms with Crippen LogP contribution in [0.3, 0.4) is 0 Å². The lowest BCUT2D eigenvalue weighted by molar-refractivity contribution is -0.123. The SMILES string of the molecule is CC(C)C(C)(CN)NC(=O)CCCc1nc(-c2ccc(F)cc2)no1. The molecule has 0 aliphatic heterocycles. The fourth-order valence-corrected chi connectivity index (χ4v) is 2.28. The van der Waals surface area contributed by atoms with Crippen LogP contribution in [-0.4, -0.2) is 28.1 Å². The zero-order chi connectivity index (χ0) is 18.4.